The highest BCUT2D eigenvalue weighted by Gasteiger charge is 2.23. The van der Waals surface area contributed by atoms with Gasteiger partial charge in [-0.1, -0.05) is 72.8 Å². The fourth-order valence-corrected chi connectivity index (χ4v) is 7.32. The molecule has 62 heavy (non-hydrogen) atoms. The normalized spacial score (nSPS) is 11.9. The SMILES string of the molecule is COCCOCCOCCOc1cccc2c3nc4nc(nc5[nH]c(nc6nc(nc([nH]3)c12)-c1ccccc1-6)c1c(OCCOCCOCCOC)cccc51)-c1ccccc1-4. The van der Waals surface area contributed by atoms with Crippen LogP contribution in [-0.2, 0) is 28.4 Å². The van der Waals surface area contributed by atoms with Crippen LogP contribution in [0.3, 0.4) is 0 Å². The Morgan fingerprint density at radius 3 is 1.06 bits per heavy atom. The molecule has 4 aromatic carbocycles. The van der Waals surface area contributed by atoms with Crippen LogP contribution in [0.5, 0.6) is 11.5 Å². The van der Waals surface area contributed by atoms with Gasteiger partial charge in [-0.15, -0.1) is 0 Å². The zero-order chi connectivity index (χ0) is 42.1. The molecule has 16 heteroatoms. The lowest BCUT2D eigenvalue weighted by atomic mass is 10.1. The Balaban J connectivity index is 1.16. The summed E-state index contributed by atoms with van der Waals surface area (Å²) < 4.78 is 45.4. The highest BCUT2D eigenvalue weighted by molar-refractivity contribution is 6.09. The number of nitrogens with one attached hydrogen (secondary N) is 2. The van der Waals surface area contributed by atoms with Gasteiger partial charge in [0, 0.05) is 47.2 Å². The van der Waals surface area contributed by atoms with Gasteiger partial charge in [0.2, 0.25) is 0 Å². The number of benzene rings is 4. The first kappa shape index (κ1) is 41.0. The van der Waals surface area contributed by atoms with Gasteiger partial charge in [-0.05, 0) is 12.1 Å². The number of ether oxygens (including phenoxy) is 8. The molecule has 5 heterocycles. The lowest BCUT2D eigenvalue weighted by Crippen LogP contribution is -2.12. The van der Waals surface area contributed by atoms with Crippen molar-refractivity contribution in [2.24, 2.45) is 0 Å². The van der Waals surface area contributed by atoms with E-state index in [-0.39, 0.29) is 0 Å². The minimum atomic E-state index is 0.309. The number of hydrogen-bond acceptors (Lipinski definition) is 14. The Morgan fingerprint density at radius 1 is 0.355 bits per heavy atom. The molecule has 7 aromatic rings. The molecule has 318 valence electrons. The molecule has 2 N–H and O–H groups in total. The summed E-state index contributed by atoms with van der Waals surface area (Å²) in [5, 5.41) is 3.09. The van der Waals surface area contributed by atoms with E-state index >= 15 is 0 Å². The second kappa shape index (κ2) is 19.5. The number of hydrogen-bond donors (Lipinski definition) is 2. The van der Waals surface area contributed by atoms with E-state index in [1.54, 1.807) is 14.2 Å². The molecule has 0 aliphatic carbocycles. The average molecular weight is 839 g/mol. The molecule has 0 fully saturated rings. The first-order valence-electron chi connectivity index (χ1n) is 20.5. The monoisotopic (exact) mass is 838 g/mol. The van der Waals surface area contributed by atoms with Crippen LogP contribution in [0, 0.1) is 0 Å². The first-order chi connectivity index (χ1) is 30.7. The van der Waals surface area contributed by atoms with Crippen molar-refractivity contribution in [3.63, 3.8) is 0 Å². The molecule has 0 spiro atoms. The zero-order valence-corrected chi connectivity index (χ0v) is 34.5. The lowest BCUT2D eigenvalue weighted by molar-refractivity contribution is 0.0181. The van der Waals surface area contributed by atoms with Crippen molar-refractivity contribution < 1.29 is 37.9 Å². The van der Waals surface area contributed by atoms with Crippen molar-refractivity contribution >= 4 is 44.1 Å². The molecule has 0 amide bonds. The fourth-order valence-electron chi connectivity index (χ4n) is 7.32. The van der Waals surface area contributed by atoms with Crippen LogP contribution in [0.4, 0.5) is 0 Å². The van der Waals surface area contributed by atoms with Gasteiger partial charge in [-0.3, -0.25) is 0 Å². The molecular formula is C46H46N8O8. The van der Waals surface area contributed by atoms with E-state index in [0.29, 0.717) is 137 Å². The van der Waals surface area contributed by atoms with Crippen LogP contribution in [0.2, 0.25) is 0 Å². The summed E-state index contributed by atoms with van der Waals surface area (Å²) in [6, 6.07) is 27.5. The Bertz CT molecular complexity index is 2660. The van der Waals surface area contributed by atoms with Crippen molar-refractivity contribution in [1.82, 2.24) is 39.9 Å². The molecule has 8 bridgehead atoms. The average Bonchev–Trinajstić information content (AvgIpc) is 4.04. The summed E-state index contributed by atoms with van der Waals surface area (Å²) in [7, 11) is 3.29. The van der Waals surface area contributed by atoms with Gasteiger partial charge >= 0.3 is 0 Å². The van der Waals surface area contributed by atoms with Gasteiger partial charge in [0.05, 0.1) is 76.8 Å². The zero-order valence-electron chi connectivity index (χ0n) is 34.5. The second-order valence-electron chi connectivity index (χ2n) is 14.2. The van der Waals surface area contributed by atoms with Gasteiger partial charge in [0.1, 0.15) is 47.3 Å². The number of nitrogens with zero attached hydrogens (tertiary/aromatic N) is 6. The Morgan fingerprint density at radius 2 is 0.694 bits per heavy atom. The minimum absolute atomic E-state index is 0.309. The summed E-state index contributed by atoms with van der Waals surface area (Å²) in [5.41, 5.74) is 5.51. The number of fused-ring (bicyclic) bond motifs is 20. The van der Waals surface area contributed by atoms with E-state index in [9.17, 15) is 0 Å². The smallest absolute Gasteiger partial charge is 0.164 e. The highest BCUT2D eigenvalue weighted by Crippen LogP contribution is 2.39. The number of aromatic nitrogens is 8. The molecule has 9 rings (SSSR count). The summed E-state index contributed by atoms with van der Waals surface area (Å²) in [6.07, 6.45) is 0. The third kappa shape index (κ3) is 8.83. The van der Waals surface area contributed by atoms with Crippen LogP contribution < -0.4 is 9.47 Å². The molecule has 2 aliphatic heterocycles. The molecule has 0 saturated carbocycles. The maximum Gasteiger partial charge on any atom is 0.164 e. The summed E-state index contributed by atoms with van der Waals surface area (Å²) >= 11 is 0. The van der Waals surface area contributed by atoms with E-state index in [1.807, 2.05) is 84.9 Å². The van der Waals surface area contributed by atoms with E-state index < -0.39 is 0 Å². The van der Waals surface area contributed by atoms with Crippen molar-refractivity contribution in [2.75, 3.05) is 93.5 Å². The van der Waals surface area contributed by atoms with Crippen molar-refractivity contribution in [3.05, 3.63) is 84.9 Å². The maximum absolute atomic E-state index is 6.36. The molecule has 0 radical (unpaired) electrons. The molecule has 2 aliphatic rings. The van der Waals surface area contributed by atoms with E-state index in [2.05, 4.69) is 9.97 Å². The molecular weight excluding hydrogens is 793 g/mol. The highest BCUT2D eigenvalue weighted by atomic mass is 16.6. The van der Waals surface area contributed by atoms with Gasteiger partial charge < -0.3 is 47.9 Å². The van der Waals surface area contributed by atoms with Crippen LogP contribution >= 0.6 is 0 Å². The maximum atomic E-state index is 6.36. The minimum Gasteiger partial charge on any atom is -0.490 e. The number of methoxy groups -OCH3 is 2. The fraction of sp³-hybridized carbons (Fsp3) is 0.304. The van der Waals surface area contributed by atoms with Crippen LogP contribution in [0.25, 0.3) is 89.7 Å². The topological polar surface area (TPSA) is 183 Å². The molecule has 0 unspecified atom stereocenters. The molecule has 0 atom stereocenters. The molecule has 0 saturated heterocycles. The predicted octanol–water partition coefficient (Wildman–Crippen LogP) is 6.99. The van der Waals surface area contributed by atoms with Crippen molar-refractivity contribution in [3.8, 4) is 57.1 Å². The lowest BCUT2D eigenvalue weighted by Gasteiger charge is -2.09. The predicted molar refractivity (Wildman–Crippen MR) is 234 cm³/mol. The third-order valence-corrected chi connectivity index (χ3v) is 10.2. The Hall–Kier alpha value is -6.40. The third-order valence-electron chi connectivity index (χ3n) is 10.2. The van der Waals surface area contributed by atoms with Gasteiger partial charge in [-0.25, -0.2) is 29.9 Å². The number of aromatic amines is 2. The van der Waals surface area contributed by atoms with Crippen molar-refractivity contribution in [1.29, 1.82) is 0 Å². The summed E-state index contributed by atoms with van der Waals surface area (Å²) in [5.74, 6) is 3.20. The Labute approximate surface area is 356 Å². The molecule has 3 aromatic heterocycles. The van der Waals surface area contributed by atoms with Gasteiger partial charge in [0.15, 0.2) is 23.3 Å². The van der Waals surface area contributed by atoms with Crippen molar-refractivity contribution in [2.45, 2.75) is 0 Å². The van der Waals surface area contributed by atoms with Crippen LogP contribution in [0.15, 0.2) is 84.9 Å². The van der Waals surface area contributed by atoms with E-state index in [1.165, 1.54) is 0 Å². The summed E-state index contributed by atoms with van der Waals surface area (Å²) in [4.78, 5) is 37.7. The first-order valence-corrected chi connectivity index (χ1v) is 20.5. The molecule has 16 nitrogen and oxygen atoms in total. The van der Waals surface area contributed by atoms with E-state index in [4.69, 9.17) is 67.8 Å². The second-order valence-corrected chi connectivity index (χ2v) is 14.2. The Kier molecular flexibility index (Phi) is 12.9. The van der Waals surface area contributed by atoms with Crippen LogP contribution in [-0.4, -0.2) is 133 Å². The summed E-state index contributed by atoms with van der Waals surface area (Å²) in [6.45, 7) is 5.30. The van der Waals surface area contributed by atoms with E-state index in [0.717, 1.165) is 43.8 Å². The largest absolute Gasteiger partial charge is 0.490 e. The van der Waals surface area contributed by atoms with Gasteiger partial charge in [-0.2, -0.15) is 0 Å². The number of H-pyrrole nitrogens is 2. The number of rotatable bonds is 20. The quantitative estimate of drug-likeness (QED) is 0.0750. The van der Waals surface area contributed by atoms with Gasteiger partial charge in [0.25, 0.3) is 0 Å². The standard InChI is InChI=1S/C46H46N8O8/c1-55-17-19-57-21-23-59-25-27-61-35-15-7-13-33-37(35)45-51-41-31-11-5-6-12-32(31)42(48-41)52-46-38-34(14-8-16-36(38)62-28-26-60-24-22-58-20-18-56-2)44(54-46)50-40-30-10-4-3-9-29(30)39(47-40)49-43(33)53-45/h3-16H,17-28H2,1-2H3,(H2,47,48,49,50,51,52,53,54). The van der Waals surface area contributed by atoms with Crippen LogP contribution in [0.1, 0.15) is 0 Å².